The van der Waals surface area contributed by atoms with E-state index < -0.39 is 0 Å². The summed E-state index contributed by atoms with van der Waals surface area (Å²) in [7, 11) is 0. The highest BCUT2D eigenvalue weighted by Crippen LogP contribution is 2.36. The normalized spacial score (nSPS) is 21.4. The molecule has 1 aliphatic heterocycles. The molecule has 2 aromatic rings. The second-order valence-corrected chi connectivity index (χ2v) is 6.46. The highest BCUT2D eigenvalue weighted by Gasteiger charge is 2.33. The first-order chi connectivity index (χ1) is 10.3. The molecule has 0 bridgehead atoms. The van der Waals surface area contributed by atoms with Crippen LogP contribution in [0.2, 0.25) is 0 Å². The van der Waals surface area contributed by atoms with Crippen LogP contribution in [0.5, 0.6) is 0 Å². The molecule has 0 spiro atoms. The van der Waals surface area contributed by atoms with Crippen LogP contribution < -0.4 is 11.2 Å². The Morgan fingerprint density at radius 3 is 3.10 bits per heavy atom. The quantitative estimate of drug-likeness (QED) is 0.519. The van der Waals surface area contributed by atoms with Crippen molar-refractivity contribution < 1.29 is 4.79 Å². The van der Waals surface area contributed by atoms with Gasteiger partial charge in [0.1, 0.15) is 5.00 Å². The summed E-state index contributed by atoms with van der Waals surface area (Å²) in [5.74, 6) is 6.02. The number of nitrogens with zero attached hydrogens (tertiary/aromatic N) is 2. The average Bonchev–Trinajstić information content (AvgIpc) is 3.04. The fraction of sp³-hybridized carbons (Fsp3) is 0.333. The maximum absolute atomic E-state index is 12.4. The number of carbonyl (C=O) groups is 1. The van der Waals surface area contributed by atoms with Crippen molar-refractivity contribution in [2.45, 2.75) is 25.3 Å². The maximum atomic E-state index is 12.4. The van der Waals surface area contributed by atoms with E-state index in [2.05, 4.69) is 21.1 Å². The van der Waals surface area contributed by atoms with Gasteiger partial charge in [0.15, 0.2) is 0 Å². The number of hydrazone groups is 1. The zero-order valence-corrected chi connectivity index (χ0v) is 12.3. The van der Waals surface area contributed by atoms with Crippen LogP contribution in [0.4, 0.5) is 0 Å². The van der Waals surface area contributed by atoms with Crippen LogP contribution in [-0.4, -0.2) is 16.2 Å². The van der Waals surface area contributed by atoms with Gasteiger partial charge in [0.05, 0.1) is 11.6 Å². The van der Waals surface area contributed by atoms with Gasteiger partial charge in [0.2, 0.25) is 0 Å². The Kier molecular flexibility index (Phi) is 2.85. The summed E-state index contributed by atoms with van der Waals surface area (Å²) < 4.78 is 2.10. The van der Waals surface area contributed by atoms with Crippen LogP contribution in [-0.2, 0) is 0 Å². The molecule has 1 fully saturated rings. The summed E-state index contributed by atoms with van der Waals surface area (Å²) in [5.41, 5.74) is 2.84. The Morgan fingerprint density at radius 2 is 2.33 bits per heavy atom. The third-order valence-electron chi connectivity index (χ3n) is 4.18. The van der Waals surface area contributed by atoms with Crippen molar-refractivity contribution in [2.75, 3.05) is 0 Å². The number of rotatable bonds is 3. The van der Waals surface area contributed by atoms with E-state index in [0.29, 0.717) is 12.3 Å². The minimum Gasteiger partial charge on any atom is -0.343 e. The number of fused-ring (bicyclic) bond motifs is 3. The smallest absolute Gasteiger partial charge is 0.254 e. The lowest BCUT2D eigenvalue weighted by atomic mass is 10.0. The predicted octanol–water partition coefficient (Wildman–Crippen LogP) is 2.44. The predicted molar refractivity (Wildman–Crippen MR) is 82.8 cm³/mol. The summed E-state index contributed by atoms with van der Waals surface area (Å²) in [5, 5.41) is 10.0. The van der Waals surface area contributed by atoms with Crippen LogP contribution in [0.25, 0.3) is 5.00 Å². The zero-order chi connectivity index (χ0) is 14.4. The first-order valence-electron chi connectivity index (χ1n) is 7.10. The Morgan fingerprint density at radius 1 is 1.48 bits per heavy atom. The largest absolute Gasteiger partial charge is 0.343 e. The standard InChI is InChI=1S/C15H16N4OS/c16-18-11(9-3-4-9)8-12-13-2-1-6-19(13)15-10(5-7-21-15)14(20)17-12/h1-2,5-7,9,12H,3-4,8,16H2,(H,17,20)/b18-11-. The monoisotopic (exact) mass is 300 g/mol. The van der Waals surface area contributed by atoms with Crippen molar-refractivity contribution >= 4 is 23.0 Å². The van der Waals surface area contributed by atoms with Crippen LogP contribution in [0.1, 0.15) is 41.4 Å². The number of nitrogens with two attached hydrogens (primary N) is 1. The topological polar surface area (TPSA) is 72.4 Å². The second kappa shape index (κ2) is 4.73. The third-order valence-corrected chi connectivity index (χ3v) is 5.09. The summed E-state index contributed by atoms with van der Waals surface area (Å²) in [4.78, 5) is 12.4. The molecule has 21 heavy (non-hydrogen) atoms. The van der Waals surface area contributed by atoms with Crippen molar-refractivity contribution in [3.8, 4) is 5.00 Å². The summed E-state index contributed by atoms with van der Waals surface area (Å²) in [6.07, 6.45) is 5.01. The molecule has 4 rings (SSSR count). The van der Waals surface area contributed by atoms with E-state index in [9.17, 15) is 4.79 Å². The molecular weight excluding hydrogens is 284 g/mol. The molecule has 1 unspecified atom stereocenters. The zero-order valence-electron chi connectivity index (χ0n) is 11.5. The first kappa shape index (κ1) is 12.6. The van der Waals surface area contributed by atoms with Crippen molar-refractivity contribution in [3.05, 3.63) is 41.0 Å². The molecule has 0 saturated heterocycles. The Balaban J connectivity index is 1.73. The molecule has 6 heteroatoms. The number of hydrogen-bond donors (Lipinski definition) is 2. The molecule has 1 aliphatic carbocycles. The van der Waals surface area contributed by atoms with Gasteiger partial charge in [-0.1, -0.05) is 0 Å². The van der Waals surface area contributed by atoms with Gasteiger partial charge in [-0.2, -0.15) is 5.10 Å². The van der Waals surface area contributed by atoms with Gasteiger partial charge in [0.25, 0.3) is 5.91 Å². The molecule has 0 aromatic carbocycles. The van der Waals surface area contributed by atoms with E-state index in [0.717, 1.165) is 34.8 Å². The molecule has 3 heterocycles. The van der Waals surface area contributed by atoms with Crippen LogP contribution in [0, 0.1) is 5.92 Å². The van der Waals surface area contributed by atoms with E-state index >= 15 is 0 Å². The van der Waals surface area contributed by atoms with Crippen molar-refractivity contribution in [1.82, 2.24) is 9.88 Å². The molecule has 3 N–H and O–H groups in total. The SMILES string of the molecule is N/N=C(/CC1NC(=O)c2ccsc2-n2cccc21)C1CC1. The second-order valence-electron chi connectivity index (χ2n) is 5.57. The van der Waals surface area contributed by atoms with Crippen LogP contribution in [0.15, 0.2) is 34.9 Å². The van der Waals surface area contributed by atoms with Gasteiger partial charge >= 0.3 is 0 Å². The lowest BCUT2D eigenvalue weighted by molar-refractivity contribution is 0.0940. The van der Waals surface area contributed by atoms with Crippen molar-refractivity contribution in [2.24, 2.45) is 16.9 Å². The van der Waals surface area contributed by atoms with Crippen LogP contribution >= 0.6 is 11.3 Å². The highest BCUT2D eigenvalue weighted by atomic mass is 32.1. The number of aromatic nitrogens is 1. The van der Waals surface area contributed by atoms with Gasteiger partial charge in [-0.25, -0.2) is 0 Å². The first-order valence-corrected chi connectivity index (χ1v) is 7.98. The van der Waals surface area contributed by atoms with E-state index in [1.165, 1.54) is 0 Å². The lowest BCUT2D eigenvalue weighted by Crippen LogP contribution is -2.29. The summed E-state index contributed by atoms with van der Waals surface area (Å²) in [6.45, 7) is 0. The Hall–Kier alpha value is -2.08. The maximum Gasteiger partial charge on any atom is 0.254 e. The van der Waals surface area contributed by atoms with Gasteiger partial charge in [-0.15, -0.1) is 11.3 Å². The number of amides is 1. The Labute approximate surface area is 126 Å². The summed E-state index contributed by atoms with van der Waals surface area (Å²) >= 11 is 1.58. The Bertz CT molecular complexity index is 726. The van der Waals surface area contributed by atoms with E-state index in [-0.39, 0.29) is 11.9 Å². The number of carbonyl (C=O) groups excluding carboxylic acids is 1. The molecule has 2 aromatic heterocycles. The van der Waals surface area contributed by atoms with Gasteiger partial charge in [0, 0.05) is 24.0 Å². The molecule has 0 radical (unpaired) electrons. The van der Waals surface area contributed by atoms with E-state index in [1.807, 2.05) is 23.7 Å². The fourth-order valence-corrected chi connectivity index (χ4v) is 3.84. The third kappa shape index (κ3) is 2.06. The fourth-order valence-electron chi connectivity index (χ4n) is 2.94. The molecule has 1 saturated carbocycles. The minimum absolute atomic E-state index is 0.0212. The van der Waals surface area contributed by atoms with Crippen molar-refractivity contribution in [3.63, 3.8) is 0 Å². The molecule has 1 amide bonds. The van der Waals surface area contributed by atoms with E-state index in [4.69, 9.17) is 5.84 Å². The van der Waals surface area contributed by atoms with Crippen LogP contribution in [0.3, 0.4) is 0 Å². The van der Waals surface area contributed by atoms with Crippen molar-refractivity contribution in [1.29, 1.82) is 0 Å². The van der Waals surface area contributed by atoms with Gasteiger partial charge in [-0.05, 0) is 42.3 Å². The molecule has 2 aliphatic rings. The highest BCUT2D eigenvalue weighted by molar-refractivity contribution is 7.13. The molecular formula is C15H16N4OS. The summed E-state index contributed by atoms with van der Waals surface area (Å²) in [6, 6.07) is 5.87. The minimum atomic E-state index is -0.0741. The van der Waals surface area contributed by atoms with E-state index in [1.54, 1.807) is 11.3 Å². The van der Waals surface area contributed by atoms with Gasteiger partial charge in [-0.3, -0.25) is 4.79 Å². The molecule has 108 valence electrons. The number of thiophene rings is 1. The molecule has 1 atom stereocenters. The average molecular weight is 300 g/mol. The molecule has 5 nitrogen and oxygen atoms in total. The number of hydrogen-bond acceptors (Lipinski definition) is 4. The number of nitrogens with one attached hydrogen (secondary N) is 1. The lowest BCUT2D eigenvalue weighted by Gasteiger charge is -2.18. The van der Waals surface area contributed by atoms with Gasteiger partial charge < -0.3 is 15.7 Å².